The van der Waals surface area contributed by atoms with Crippen LogP contribution in [0.2, 0.25) is 0 Å². The SMILES string of the molecule is CCCOCCCCCCCCCCCCCC(C)C. The van der Waals surface area contributed by atoms with E-state index in [1.807, 2.05) is 0 Å². The average Bonchev–Trinajstić information content (AvgIpc) is 2.43. The Balaban J connectivity index is 2.92. The molecule has 122 valence electrons. The van der Waals surface area contributed by atoms with E-state index in [4.69, 9.17) is 4.74 Å². The predicted octanol–water partition coefficient (Wildman–Crippen LogP) is 6.75. The largest absolute Gasteiger partial charge is 0.381 e. The second kappa shape index (κ2) is 17.0. The second-order valence-electron chi connectivity index (χ2n) is 6.68. The summed E-state index contributed by atoms with van der Waals surface area (Å²) in [6, 6.07) is 0. The molecule has 1 nitrogen and oxygen atoms in total. The summed E-state index contributed by atoms with van der Waals surface area (Å²) in [6.45, 7) is 8.75. The molecule has 20 heavy (non-hydrogen) atoms. The molecule has 0 aliphatic carbocycles. The van der Waals surface area contributed by atoms with Crippen LogP contribution >= 0.6 is 0 Å². The minimum absolute atomic E-state index is 0.891. The quantitative estimate of drug-likeness (QED) is 0.285. The molecular formula is C19H40O. The molecule has 0 unspecified atom stereocenters. The molecule has 0 aromatic heterocycles. The minimum atomic E-state index is 0.891. The zero-order valence-corrected chi connectivity index (χ0v) is 14.6. The van der Waals surface area contributed by atoms with Crippen LogP contribution < -0.4 is 0 Å². The first-order valence-corrected chi connectivity index (χ1v) is 9.35. The Morgan fingerprint density at radius 3 is 1.50 bits per heavy atom. The molecule has 0 bridgehead atoms. The third-order valence-electron chi connectivity index (χ3n) is 3.92. The van der Waals surface area contributed by atoms with Gasteiger partial charge >= 0.3 is 0 Å². The van der Waals surface area contributed by atoms with Crippen molar-refractivity contribution in [3.8, 4) is 0 Å². The highest BCUT2D eigenvalue weighted by Gasteiger charge is 1.95. The van der Waals surface area contributed by atoms with E-state index in [-0.39, 0.29) is 0 Å². The van der Waals surface area contributed by atoms with Gasteiger partial charge in [0.25, 0.3) is 0 Å². The van der Waals surface area contributed by atoms with Gasteiger partial charge in [-0.1, -0.05) is 91.4 Å². The smallest absolute Gasteiger partial charge is 0.0466 e. The molecule has 0 spiro atoms. The van der Waals surface area contributed by atoms with E-state index in [9.17, 15) is 0 Å². The summed E-state index contributed by atoms with van der Waals surface area (Å²) in [5.41, 5.74) is 0. The van der Waals surface area contributed by atoms with Gasteiger partial charge in [-0.05, 0) is 18.8 Å². The van der Waals surface area contributed by atoms with Crippen LogP contribution in [-0.4, -0.2) is 13.2 Å². The summed E-state index contributed by atoms with van der Waals surface area (Å²) in [5, 5.41) is 0. The highest BCUT2D eigenvalue weighted by Crippen LogP contribution is 2.13. The molecule has 0 atom stereocenters. The highest BCUT2D eigenvalue weighted by atomic mass is 16.5. The van der Waals surface area contributed by atoms with Crippen molar-refractivity contribution < 1.29 is 4.74 Å². The summed E-state index contributed by atoms with van der Waals surface area (Å²) < 4.78 is 5.49. The lowest BCUT2D eigenvalue weighted by Crippen LogP contribution is -1.95. The van der Waals surface area contributed by atoms with E-state index in [2.05, 4.69) is 20.8 Å². The number of hydrogen-bond donors (Lipinski definition) is 0. The van der Waals surface area contributed by atoms with Gasteiger partial charge in [0.1, 0.15) is 0 Å². The third kappa shape index (κ3) is 18.0. The van der Waals surface area contributed by atoms with Crippen molar-refractivity contribution in [1.82, 2.24) is 0 Å². The number of rotatable bonds is 16. The standard InChI is InChI=1S/C19H40O/c1-4-17-20-18-15-13-11-9-7-5-6-8-10-12-14-16-19(2)3/h19H,4-18H2,1-3H3. The molecule has 0 heterocycles. The summed E-state index contributed by atoms with van der Waals surface area (Å²) in [4.78, 5) is 0. The maximum atomic E-state index is 5.49. The van der Waals surface area contributed by atoms with Crippen LogP contribution in [0.5, 0.6) is 0 Å². The first-order valence-electron chi connectivity index (χ1n) is 9.35. The first kappa shape index (κ1) is 20.0. The summed E-state index contributed by atoms with van der Waals surface area (Å²) in [6.07, 6.45) is 18.2. The second-order valence-corrected chi connectivity index (χ2v) is 6.68. The lowest BCUT2D eigenvalue weighted by Gasteiger charge is -2.05. The lowest BCUT2D eigenvalue weighted by molar-refractivity contribution is 0.130. The van der Waals surface area contributed by atoms with Gasteiger partial charge in [0, 0.05) is 13.2 Å². The molecular weight excluding hydrogens is 244 g/mol. The van der Waals surface area contributed by atoms with Crippen molar-refractivity contribution in [3.63, 3.8) is 0 Å². The topological polar surface area (TPSA) is 9.23 Å². The lowest BCUT2D eigenvalue weighted by atomic mass is 10.0. The van der Waals surface area contributed by atoms with Gasteiger partial charge in [0.05, 0.1) is 0 Å². The Hall–Kier alpha value is -0.0400. The number of ether oxygens (including phenoxy) is 1. The zero-order valence-electron chi connectivity index (χ0n) is 14.6. The van der Waals surface area contributed by atoms with Gasteiger partial charge in [-0.3, -0.25) is 0 Å². The highest BCUT2D eigenvalue weighted by molar-refractivity contribution is 4.50. The summed E-state index contributed by atoms with van der Waals surface area (Å²) >= 11 is 0. The molecule has 0 N–H and O–H groups in total. The number of hydrogen-bond acceptors (Lipinski definition) is 1. The Labute approximate surface area is 128 Å². The van der Waals surface area contributed by atoms with Crippen molar-refractivity contribution in [2.45, 2.75) is 104 Å². The Morgan fingerprint density at radius 1 is 0.600 bits per heavy atom. The molecule has 0 fully saturated rings. The maximum absolute atomic E-state index is 5.49. The number of unbranched alkanes of at least 4 members (excludes halogenated alkanes) is 10. The molecule has 0 saturated carbocycles. The Bertz CT molecular complexity index is 165. The van der Waals surface area contributed by atoms with Crippen LogP contribution in [0.4, 0.5) is 0 Å². The normalized spacial score (nSPS) is 11.4. The minimum Gasteiger partial charge on any atom is -0.381 e. The van der Waals surface area contributed by atoms with E-state index in [0.717, 1.165) is 25.6 Å². The fourth-order valence-corrected chi connectivity index (χ4v) is 2.59. The molecule has 0 amide bonds. The van der Waals surface area contributed by atoms with Crippen LogP contribution in [0.1, 0.15) is 104 Å². The van der Waals surface area contributed by atoms with Crippen molar-refractivity contribution >= 4 is 0 Å². The van der Waals surface area contributed by atoms with Crippen molar-refractivity contribution in [2.75, 3.05) is 13.2 Å². The Morgan fingerprint density at radius 2 is 1.05 bits per heavy atom. The molecule has 0 aromatic carbocycles. The first-order chi connectivity index (χ1) is 9.77. The van der Waals surface area contributed by atoms with Crippen LogP contribution in [0, 0.1) is 5.92 Å². The summed E-state index contributed by atoms with van der Waals surface area (Å²) in [5.74, 6) is 0.891. The fourth-order valence-electron chi connectivity index (χ4n) is 2.59. The molecule has 0 rings (SSSR count). The van der Waals surface area contributed by atoms with Gasteiger partial charge in [0.2, 0.25) is 0 Å². The van der Waals surface area contributed by atoms with E-state index in [1.165, 1.54) is 77.0 Å². The van der Waals surface area contributed by atoms with Gasteiger partial charge < -0.3 is 4.74 Å². The van der Waals surface area contributed by atoms with Gasteiger partial charge in [0.15, 0.2) is 0 Å². The molecule has 0 aliphatic heterocycles. The van der Waals surface area contributed by atoms with Crippen molar-refractivity contribution in [3.05, 3.63) is 0 Å². The molecule has 1 heteroatoms. The van der Waals surface area contributed by atoms with Gasteiger partial charge in [-0.15, -0.1) is 0 Å². The molecule has 0 aliphatic rings. The molecule has 0 aromatic rings. The van der Waals surface area contributed by atoms with Crippen LogP contribution in [-0.2, 0) is 4.74 Å². The average molecular weight is 285 g/mol. The van der Waals surface area contributed by atoms with Crippen molar-refractivity contribution in [2.24, 2.45) is 5.92 Å². The Kier molecular flexibility index (Phi) is 17.0. The fraction of sp³-hybridized carbons (Fsp3) is 1.00. The predicted molar refractivity (Wildman–Crippen MR) is 91.4 cm³/mol. The van der Waals surface area contributed by atoms with Crippen LogP contribution in [0.3, 0.4) is 0 Å². The van der Waals surface area contributed by atoms with E-state index in [0.29, 0.717) is 0 Å². The van der Waals surface area contributed by atoms with E-state index < -0.39 is 0 Å². The zero-order chi connectivity index (χ0) is 14.9. The van der Waals surface area contributed by atoms with Crippen molar-refractivity contribution in [1.29, 1.82) is 0 Å². The van der Waals surface area contributed by atoms with Crippen LogP contribution in [0.15, 0.2) is 0 Å². The van der Waals surface area contributed by atoms with Gasteiger partial charge in [-0.25, -0.2) is 0 Å². The molecule has 0 saturated heterocycles. The third-order valence-corrected chi connectivity index (χ3v) is 3.92. The van der Waals surface area contributed by atoms with E-state index >= 15 is 0 Å². The monoisotopic (exact) mass is 284 g/mol. The van der Waals surface area contributed by atoms with Crippen LogP contribution in [0.25, 0.3) is 0 Å². The summed E-state index contributed by atoms with van der Waals surface area (Å²) in [7, 11) is 0. The van der Waals surface area contributed by atoms with Gasteiger partial charge in [-0.2, -0.15) is 0 Å². The molecule has 0 radical (unpaired) electrons. The maximum Gasteiger partial charge on any atom is 0.0466 e. The van der Waals surface area contributed by atoms with E-state index in [1.54, 1.807) is 0 Å².